The lowest BCUT2D eigenvalue weighted by molar-refractivity contribution is -0.136. The van der Waals surface area contributed by atoms with E-state index < -0.39 is 18.8 Å². The highest BCUT2D eigenvalue weighted by atomic mass is 19.1. The number of likely N-dealkylation sites (tertiary alicyclic amines) is 1. The number of nitrogens with zero attached hydrogens (tertiary/aromatic N) is 1. The number of aliphatic hydroxyl groups excluding tert-OH is 1. The molecule has 0 aliphatic carbocycles. The fraction of sp³-hybridized carbons (Fsp3) is 0.900. The number of alkyl halides is 1. The zero-order valence-electron chi connectivity index (χ0n) is 9.03. The van der Waals surface area contributed by atoms with Crippen LogP contribution in [0.1, 0.15) is 19.8 Å². The standard InChI is InChI=1S/C10H19FN2O2/c1-7(12)10(15)13-5-3-9(14)8(6-13)2-4-11/h7-9,14H,2-6,12H2,1H3/t7-,8+,9+/m0/s1. The molecule has 15 heavy (non-hydrogen) atoms. The van der Waals surface area contributed by atoms with Crippen LogP contribution in [0.3, 0.4) is 0 Å². The van der Waals surface area contributed by atoms with Crippen molar-refractivity contribution in [3.05, 3.63) is 0 Å². The Kier molecular flexibility index (Phi) is 4.47. The molecule has 1 amide bonds. The molecule has 0 saturated carbocycles. The first-order valence-electron chi connectivity index (χ1n) is 5.34. The van der Waals surface area contributed by atoms with Crippen molar-refractivity contribution in [3.63, 3.8) is 0 Å². The summed E-state index contributed by atoms with van der Waals surface area (Å²) in [6.07, 6.45) is 0.338. The largest absolute Gasteiger partial charge is 0.393 e. The van der Waals surface area contributed by atoms with E-state index in [1.807, 2.05) is 0 Å². The van der Waals surface area contributed by atoms with Gasteiger partial charge in [-0.25, -0.2) is 0 Å². The Morgan fingerprint density at radius 1 is 1.73 bits per heavy atom. The summed E-state index contributed by atoms with van der Waals surface area (Å²) >= 11 is 0. The Balaban J connectivity index is 2.53. The molecule has 3 atom stereocenters. The van der Waals surface area contributed by atoms with Gasteiger partial charge in [0.15, 0.2) is 0 Å². The number of carbonyl (C=O) groups is 1. The first-order chi connectivity index (χ1) is 7.06. The van der Waals surface area contributed by atoms with E-state index in [1.165, 1.54) is 0 Å². The van der Waals surface area contributed by atoms with E-state index in [4.69, 9.17) is 5.73 Å². The van der Waals surface area contributed by atoms with Gasteiger partial charge < -0.3 is 15.7 Å². The number of piperidine rings is 1. The zero-order chi connectivity index (χ0) is 11.4. The minimum absolute atomic E-state index is 0.120. The lowest BCUT2D eigenvalue weighted by Gasteiger charge is -2.36. The number of rotatable bonds is 3. The summed E-state index contributed by atoms with van der Waals surface area (Å²) in [6, 6.07) is -0.522. The molecule has 1 aliphatic heterocycles. The Bertz CT molecular complexity index is 223. The predicted octanol–water partition coefficient (Wildman–Crippen LogP) is -0.0974. The summed E-state index contributed by atoms with van der Waals surface area (Å²) in [4.78, 5) is 13.2. The molecule has 0 unspecified atom stereocenters. The van der Waals surface area contributed by atoms with Gasteiger partial charge in [0.25, 0.3) is 0 Å². The summed E-state index contributed by atoms with van der Waals surface area (Å²) in [6.45, 7) is 2.12. The number of nitrogens with two attached hydrogens (primary N) is 1. The van der Waals surface area contributed by atoms with Gasteiger partial charge in [-0.15, -0.1) is 0 Å². The summed E-state index contributed by atoms with van der Waals surface area (Å²) in [7, 11) is 0. The van der Waals surface area contributed by atoms with Crippen LogP contribution in [0.4, 0.5) is 4.39 Å². The maximum atomic E-state index is 12.2. The molecule has 1 rings (SSSR count). The van der Waals surface area contributed by atoms with Gasteiger partial charge in [-0.1, -0.05) is 0 Å². The smallest absolute Gasteiger partial charge is 0.239 e. The lowest BCUT2D eigenvalue weighted by atomic mass is 9.92. The molecule has 0 bridgehead atoms. The highest BCUT2D eigenvalue weighted by Gasteiger charge is 2.30. The number of hydrogen-bond acceptors (Lipinski definition) is 3. The lowest BCUT2D eigenvalue weighted by Crippen LogP contribution is -2.50. The Hall–Kier alpha value is -0.680. The molecule has 0 spiro atoms. The van der Waals surface area contributed by atoms with Gasteiger partial charge in [-0.2, -0.15) is 0 Å². The minimum Gasteiger partial charge on any atom is -0.393 e. The van der Waals surface area contributed by atoms with E-state index in [2.05, 4.69) is 0 Å². The molecule has 1 fully saturated rings. The quantitative estimate of drug-likeness (QED) is 0.695. The fourth-order valence-corrected chi connectivity index (χ4v) is 1.93. The molecule has 0 aromatic rings. The molecule has 3 N–H and O–H groups in total. The van der Waals surface area contributed by atoms with E-state index in [1.54, 1.807) is 11.8 Å². The molecule has 1 saturated heterocycles. The van der Waals surface area contributed by atoms with Gasteiger partial charge in [-0.3, -0.25) is 9.18 Å². The van der Waals surface area contributed by atoms with Crippen molar-refractivity contribution in [3.8, 4) is 0 Å². The molecule has 0 aromatic carbocycles. The van der Waals surface area contributed by atoms with Gasteiger partial charge in [0.05, 0.1) is 18.8 Å². The molecule has 4 nitrogen and oxygen atoms in total. The molecule has 0 radical (unpaired) electrons. The highest BCUT2D eigenvalue weighted by Crippen LogP contribution is 2.20. The first kappa shape index (κ1) is 12.4. The number of hydrogen-bond donors (Lipinski definition) is 2. The average molecular weight is 218 g/mol. The maximum absolute atomic E-state index is 12.2. The SMILES string of the molecule is C[C@H](N)C(=O)N1CC[C@@H](O)[C@H](CCF)C1. The van der Waals surface area contributed by atoms with Crippen molar-refractivity contribution in [1.82, 2.24) is 4.90 Å². The topological polar surface area (TPSA) is 66.6 Å². The number of halogens is 1. The third-order valence-electron chi connectivity index (χ3n) is 2.87. The van der Waals surface area contributed by atoms with Crippen molar-refractivity contribution in [2.24, 2.45) is 11.7 Å². The van der Waals surface area contributed by atoms with Crippen molar-refractivity contribution < 1.29 is 14.3 Å². The molecular formula is C10H19FN2O2. The molecule has 88 valence electrons. The van der Waals surface area contributed by atoms with Gasteiger partial charge in [0, 0.05) is 19.0 Å². The van der Waals surface area contributed by atoms with Gasteiger partial charge in [0.1, 0.15) is 0 Å². The van der Waals surface area contributed by atoms with Crippen LogP contribution >= 0.6 is 0 Å². The van der Waals surface area contributed by atoms with Crippen LogP contribution in [0.15, 0.2) is 0 Å². The van der Waals surface area contributed by atoms with Crippen LogP contribution in [0.25, 0.3) is 0 Å². The maximum Gasteiger partial charge on any atom is 0.239 e. The van der Waals surface area contributed by atoms with Crippen molar-refractivity contribution in [2.45, 2.75) is 31.9 Å². The monoisotopic (exact) mass is 218 g/mol. The predicted molar refractivity (Wildman–Crippen MR) is 54.9 cm³/mol. The van der Waals surface area contributed by atoms with E-state index >= 15 is 0 Å². The van der Waals surface area contributed by atoms with Crippen molar-refractivity contribution >= 4 is 5.91 Å². The van der Waals surface area contributed by atoms with Crippen LogP contribution in [-0.4, -0.2) is 47.8 Å². The summed E-state index contributed by atoms with van der Waals surface area (Å²) < 4.78 is 12.2. The average Bonchev–Trinajstić information content (AvgIpc) is 2.20. The number of carbonyl (C=O) groups excluding carboxylic acids is 1. The first-order valence-corrected chi connectivity index (χ1v) is 5.34. The second-order valence-electron chi connectivity index (χ2n) is 4.17. The van der Waals surface area contributed by atoms with Crippen molar-refractivity contribution in [2.75, 3.05) is 19.8 Å². The second-order valence-corrected chi connectivity index (χ2v) is 4.17. The third-order valence-corrected chi connectivity index (χ3v) is 2.87. The van der Waals surface area contributed by atoms with Gasteiger partial charge >= 0.3 is 0 Å². The Labute approximate surface area is 89.2 Å². The second kappa shape index (κ2) is 5.42. The van der Waals surface area contributed by atoms with Gasteiger partial charge in [-0.05, 0) is 19.8 Å². The van der Waals surface area contributed by atoms with E-state index in [0.717, 1.165) is 0 Å². The normalized spacial score (nSPS) is 28.9. The summed E-state index contributed by atoms with van der Waals surface area (Å²) in [5.74, 6) is -0.266. The van der Waals surface area contributed by atoms with E-state index in [0.29, 0.717) is 25.9 Å². The molecular weight excluding hydrogens is 199 g/mol. The molecule has 5 heteroatoms. The number of amides is 1. The van der Waals surface area contributed by atoms with Crippen LogP contribution in [0.2, 0.25) is 0 Å². The van der Waals surface area contributed by atoms with Gasteiger partial charge in [0.2, 0.25) is 5.91 Å². The van der Waals surface area contributed by atoms with Crippen LogP contribution < -0.4 is 5.73 Å². The van der Waals surface area contributed by atoms with Crippen LogP contribution in [-0.2, 0) is 4.79 Å². The molecule has 1 heterocycles. The fourth-order valence-electron chi connectivity index (χ4n) is 1.93. The zero-order valence-corrected chi connectivity index (χ0v) is 9.03. The number of aliphatic hydroxyl groups is 1. The van der Waals surface area contributed by atoms with Crippen LogP contribution in [0, 0.1) is 5.92 Å². The Morgan fingerprint density at radius 3 is 2.93 bits per heavy atom. The van der Waals surface area contributed by atoms with Crippen molar-refractivity contribution in [1.29, 1.82) is 0 Å². The molecule has 0 aromatic heterocycles. The molecule has 1 aliphatic rings. The third kappa shape index (κ3) is 3.14. The highest BCUT2D eigenvalue weighted by molar-refractivity contribution is 5.81. The van der Waals surface area contributed by atoms with E-state index in [9.17, 15) is 14.3 Å². The Morgan fingerprint density at radius 2 is 2.40 bits per heavy atom. The van der Waals surface area contributed by atoms with E-state index in [-0.39, 0.29) is 11.8 Å². The van der Waals surface area contributed by atoms with Crippen LogP contribution in [0.5, 0.6) is 0 Å². The summed E-state index contributed by atoms with van der Waals surface area (Å²) in [5.41, 5.74) is 5.49. The summed E-state index contributed by atoms with van der Waals surface area (Å²) in [5, 5.41) is 9.60. The minimum atomic E-state index is -0.522.